The van der Waals surface area contributed by atoms with Crippen LogP contribution in [-0.2, 0) is 11.0 Å². The van der Waals surface area contributed by atoms with E-state index in [2.05, 4.69) is 0 Å². The lowest BCUT2D eigenvalue weighted by molar-refractivity contribution is 0.353. The first-order valence-corrected chi connectivity index (χ1v) is 11.6. The summed E-state index contributed by atoms with van der Waals surface area (Å²) in [5.41, 5.74) is 6.86. The number of fused-ring (bicyclic) bond motifs is 1. The molecule has 0 bridgehead atoms. The van der Waals surface area contributed by atoms with Crippen molar-refractivity contribution in [1.82, 2.24) is 4.67 Å². The number of alkyl halides is 2. The maximum absolute atomic E-state index is 11.9. The van der Waals surface area contributed by atoms with Crippen LogP contribution in [0.25, 0.3) is 10.8 Å². The molecule has 10 heteroatoms. The van der Waals surface area contributed by atoms with Gasteiger partial charge in [0.25, 0.3) is 0 Å². The van der Waals surface area contributed by atoms with Crippen molar-refractivity contribution < 1.29 is 18.9 Å². The van der Waals surface area contributed by atoms with Crippen molar-refractivity contribution in [2.75, 3.05) is 33.2 Å². The SMILES string of the molecule is COc1c(C=S)c(CC(Cl)CN(CCCl)P(N)(=O)O)c(OC)c2ccccc12. The van der Waals surface area contributed by atoms with Crippen molar-refractivity contribution in [2.45, 2.75) is 11.8 Å². The van der Waals surface area contributed by atoms with Gasteiger partial charge >= 0.3 is 7.67 Å². The number of hydrogen-bond acceptors (Lipinski definition) is 4. The third-order valence-corrected chi connectivity index (χ3v) is 6.24. The van der Waals surface area contributed by atoms with Gasteiger partial charge in [-0.3, -0.25) is 4.57 Å². The first kappa shape index (κ1) is 23.4. The fourth-order valence-electron chi connectivity index (χ4n) is 3.19. The van der Waals surface area contributed by atoms with Crippen LogP contribution < -0.4 is 15.0 Å². The van der Waals surface area contributed by atoms with Crippen LogP contribution in [-0.4, -0.2) is 53.5 Å². The Hall–Kier alpha value is -0.920. The van der Waals surface area contributed by atoms with Gasteiger partial charge in [-0.25, -0.2) is 10.2 Å². The molecule has 6 nitrogen and oxygen atoms in total. The molecule has 28 heavy (non-hydrogen) atoms. The zero-order valence-corrected chi connectivity index (χ0v) is 18.8. The van der Waals surface area contributed by atoms with Crippen LogP contribution in [0.5, 0.6) is 11.5 Å². The van der Waals surface area contributed by atoms with Gasteiger partial charge in [0.1, 0.15) is 11.5 Å². The number of hydrogen-bond donors (Lipinski definition) is 2. The molecule has 0 aliphatic heterocycles. The zero-order chi connectivity index (χ0) is 20.9. The first-order valence-electron chi connectivity index (χ1n) is 8.46. The van der Waals surface area contributed by atoms with E-state index in [1.54, 1.807) is 14.2 Å². The number of ether oxygens (including phenoxy) is 2. The summed E-state index contributed by atoms with van der Waals surface area (Å²) < 4.78 is 24.4. The summed E-state index contributed by atoms with van der Waals surface area (Å²) in [6.07, 6.45) is 0.327. The van der Waals surface area contributed by atoms with Gasteiger partial charge < -0.3 is 14.4 Å². The Labute approximate surface area is 180 Å². The minimum atomic E-state index is -3.96. The van der Waals surface area contributed by atoms with Crippen molar-refractivity contribution in [3.05, 3.63) is 35.4 Å². The van der Waals surface area contributed by atoms with Gasteiger partial charge in [0.05, 0.1) is 19.6 Å². The predicted molar refractivity (Wildman–Crippen MR) is 119 cm³/mol. The summed E-state index contributed by atoms with van der Waals surface area (Å²) in [6.45, 7) is 0.223. The average molecular weight is 465 g/mol. The number of rotatable bonds is 10. The summed E-state index contributed by atoms with van der Waals surface area (Å²) in [5.74, 6) is 1.43. The number of methoxy groups -OCH3 is 2. The largest absolute Gasteiger partial charge is 0.496 e. The zero-order valence-electron chi connectivity index (χ0n) is 15.6. The molecule has 0 saturated heterocycles. The second-order valence-corrected chi connectivity index (χ2v) is 9.09. The van der Waals surface area contributed by atoms with Gasteiger partial charge in [0.15, 0.2) is 0 Å². The number of nitrogens with two attached hydrogens (primary N) is 1. The maximum atomic E-state index is 11.9. The highest BCUT2D eigenvalue weighted by molar-refractivity contribution is 7.79. The Morgan fingerprint density at radius 3 is 2.32 bits per heavy atom. The highest BCUT2D eigenvalue weighted by Crippen LogP contribution is 2.42. The van der Waals surface area contributed by atoms with E-state index in [9.17, 15) is 9.46 Å². The number of halogens is 2. The molecule has 0 aliphatic carbocycles. The van der Waals surface area contributed by atoms with Crippen molar-refractivity contribution in [2.24, 2.45) is 5.50 Å². The van der Waals surface area contributed by atoms with E-state index in [0.29, 0.717) is 23.5 Å². The molecule has 0 heterocycles. The van der Waals surface area contributed by atoms with E-state index in [1.807, 2.05) is 24.3 Å². The Balaban J connectivity index is 2.51. The van der Waals surface area contributed by atoms with Gasteiger partial charge in [-0.1, -0.05) is 36.5 Å². The molecule has 0 radical (unpaired) electrons. The molecule has 2 aromatic rings. The van der Waals surface area contributed by atoms with Crippen LogP contribution in [0.15, 0.2) is 24.3 Å². The fraction of sp³-hybridized carbons (Fsp3) is 0.389. The van der Waals surface area contributed by atoms with Gasteiger partial charge in [-0.2, -0.15) is 0 Å². The van der Waals surface area contributed by atoms with Crippen LogP contribution in [0.4, 0.5) is 0 Å². The molecule has 0 fully saturated rings. The quantitative estimate of drug-likeness (QED) is 0.312. The Morgan fingerprint density at radius 2 is 1.86 bits per heavy atom. The second kappa shape index (κ2) is 10.2. The standard InChI is InChI=1S/C18H23Cl2N2O4PS/c1-25-17-13-5-3-4-6-14(13)18(26-2)16(11-28)15(17)9-12(20)10-22(8-7-19)27(21,23)24/h3-6,11-12H,7-10H2,1-2H3,(H3,21,23,24). The van der Waals surface area contributed by atoms with Crippen LogP contribution in [0, 0.1) is 0 Å². The van der Waals surface area contributed by atoms with Gasteiger partial charge in [-0.05, 0) is 6.42 Å². The van der Waals surface area contributed by atoms with Crippen LogP contribution in [0.1, 0.15) is 11.1 Å². The van der Waals surface area contributed by atoms with Crippen LogP contribution in [0.2, 0.25) is 0 Å². The minimum Gasteiger partial charge on any atom is -0.496 e. The van der Waals surface area contributed by atoms with Crippen molar-refractivity contribution in [1.29, 1.82) is 0 Å². The molecule has 0 spiro atoms. The van der Waals surface area contributed by atoms with E-state index in [0.717, 1.165) is 16.3 Å². The highest BCUT2D eigenvalue weighted by Gasteiger charge is 2.27. The normalized spacial score (nSPS) is 14.7. The topological polar surface area (TPSA) is 85.0 Å². The summed E-state index contributed by atoms with van der Waals surface area (Å²) in [7, 11) is -0.803. The van der Waals surface area contributed by atoms with E-state index >= 15 is 0 Å². The number of benzene rings is 2. The van der Waals surface area contributed by atoms with Gasteiger partial charge in [-0.15, -0.1) is 23.2 Å². The van der Waals surface area contributed by atoms with Crippen molar-refractivity contribution in [3.8, 4) is 11.5 Å². The van der Waals surface area contributed by atoms with Crippen molar-refractivity contribution >= 4 is 59.2 Å². The third kappa shape index (κ3) is 5.16. The Kier molecular flexibility index (Phi) is 8.52. The van der Waals surface area contributed by atoms with E-state index in [1.165, 1.54) is 10.0 Å². The van der Waals surface area contributed by atoms with Gasteiger partial charge in [0, 0.05) is 46.2 Å². The van der Waals surface area contributed by atoms with Crippen molar-refractivity contribution in [3.63, 3.8) is 0 Å². The number of nitrogens with zero attached hydrogens (tertiary/aromatic N) is 1. The molecule has 0 saturated carbocycles. The maximum Gasteiger partial charge on any atom is 0.338 e. The highest BCUT2D eigenvalue weighted by atomic mass is 35.5. The predicted octanol–water partition coefficient (Wildman–Crippen LogP) is 3.95. The lowest BCUT2D eigenvalue weighted by Crippen LogP contribution is -2.32. The lowest BCUT2D eigenvalue weighted by Gasteiger charge is -2.26. The third-order valence-electron chi connectivity index (χ3n) is 4.37. The summed E-state index contributed by atoms with van der Waals surface area (Å²) in [6, 6.07) is 7.67. The Morgan fingerprint density at radius 1 is 1.29 bits per heavy atom. The molecular weight excluding hydrogens is 442 g/mol. The van der Waals surface area contributed by atoms with Gasteiger partial charge in [0.2, 0.25) is 0 Å². The molecule has 2 aromatic carbocycles. The molecule has 3 N–H and O–H groups in total. The Bertz CT molecular complexity index is 894. The van der Waals surface area contributed by atoms with Crippen LogP contribution >= 0.6 is 43.1 Å². The molecule has 0 aliphatic rings. The molecule has 0 amide bonds. The summed E-state index contributed by atoms with van der Waals surface area (Å²) in [4.78, 5) is 9.72. The minimum absolute atomic E-state index is 0.0771. The molecular formula is C18H23Cl2N2O4PS. The first-order chi connectivity index (χ1) is 13.3. The van der Waals surface area contributed by atoms with E-state index in [4.69, 9.17) is 50.4 Å². The fourth-order valence-corrected chi connectivity index (χ4v) is 5.00. The van der Waals surface area contributed by atoms with E-state index in [-0.39, 0.29) is 19.0 Å². The second-order valence-electron chi connectivity index (χ2n) is 6.11. The summed E-state index contributed by atoms with van der Waals surface area (Å²) >= 11 is 17.5. The van der Waals surface area contributed by atoms with Crippen LogP contribution in [0.3, 0.4) is 0 Å². The summed E-state index contributed by atoms with van der Waals surface area (Å²) in [5, 5.41) is 2.73. The molecule has 2 atom stereocenters. The smallest absolute Gasteiger partial charge is 0.338 e. The molecule has 154 valence electrons. The number of thiocarbonyl (C=S) groups is 1. The molecule has 2 rings (SSSR count). The molecule has 0 aromatic heterocycles. The monoisotopic (exact) mass is 464 g/mol. The average Bonchev–Trinajstić information content (AvgIpc) is 2.65. The lowest BCUT2D eigenvalue weighted by atomic mass is 9.95. The van der Waals surface area contributed by atoms with E-state index < -0.39 is 13.0 Å². The molecule has 2 unspecified atom stereocenters.